The quantitative estimate of drug-likeness (QED) is 0.815. The summed E-state index contributed by atoms with van der Waals surface area (Å²) in [5.41, 5.74) is 0.211. The van der Waals surface area contributed by atoms with Gasteiger partial charge in [0.2, 0.25) is 0 Å². The van der Waals surface area contributed by atoms with Crippen molar-refractivity contribution in [2.24, 2.45) is 0 Å². The predicted molar refractivity (Wildman–Crippen MR) is 65.4 cm³/mol. The molecule has 6 nitrogen and oxygen atoms in total. The molecule has 18 heavy (non-hydrogen) atoms. The SMILES string of the molecule is COC(=O)c1cncc(NC2CCOC(C)C2)n1. The number of hydrogen-bond acceptors (Lipinski definition) is 6. The van der Waals surface area contributed by atoms with Gasteiger partial charge < -0.3 is 14.8 Å². The number of carbonyl (C=O) groups excluding carboxylic acids is 1. The van der Waals surface area contributed by atoms with Gasteiger partial charge in [0.15, 0.2) is 5.69 Å². The zero-order valence-corrected chi connectivity index (χ0v) is 10.5. The van der Waals surface area contributed by atoms with Crippen LogP contribution in [0.4, 0.5) is 5.82 Å². The van der Waals surface area contributed by atoms with E-state index in [2.05, 4.69) is 20.0 Å². The maximum atomic E-state index is 11.3. The predicted octanol–water partition coefficient (Wildman–Crippen LogP) is 1.24. The van der Waals surface area contributed by atoms with E-state index < -0.39 is 5.97 Å². The zero-order valence-electron chi connectivity index (χ0n) is 10.5. The highest BCUT2D eigenvalue weighted by atomic mass is 16.5. The van der Waals surface area contributed by atoms with Crippen molar-refractivity contribution in [2.75, 3.05) is 19.0 Å². The molecule has 0 radical (unpaired) electrons. The maximum absolute atomic E-state index is 11.3. The van der Waals surface area contributed by atoms with E-state index in [1.54, 1.807) is 6.20 Å². The van der Waals surface area contributed by atoms with Crippen molar-refractivity contribution >= 4 is 11.8 Å². The van der Waals surface area contributed by atoms with Gasteiger partial charge in [0, 0.05) is 12.6 Å². The Kier molecular flexibility index (Phi) is 4.09. The van der Waals surface area contributed by atoms with Gasteiger partial charge in [0.05, 0.1) is 25.6 Å². The molecule has 0 amide bonds. The summed E-state index contributed by atoms with van der Waals surface area (Å²) < 4.78 is 10.1. The summed E-state index contributed by atoms with van der Waals surface area (Å²) in [6.07, 6.45) is 5.09. The maximum Gasteiger partial charge on any atom is 0.358 e. The molecule has 0 spiro atoms. The molecule has 1 aliphatic rings. The van der Waals surface area contributed by atoms with Crippen molar-refractivity contribution < 1.29 is 14.3 Å². The summed E-state index contributed by atoms with van der Waals surface area (Å²) >= 11 is 0. The third kappa shape index (κ3) is 3.16. The van der Waals surface area contributed by atoms with Gasteiger partial charge in [-0.15, -0.1) is 0 Å². The Balaban J connectivity index is 2.02. The fraction of sp³-hybridized carbons (Fsp3) is 0.583. The van der Waals surface area contributed by atoms with E-state index in [0.29, 0.717) is 11.9 Å². The van der Waals surface area contributed by atoms with E-state index in [4.69, 9.17) is 4.74 Å². The zero-order chi connectivity index (χ0) is 13.0. The first-order valence-electron chi connectivity index (χ1n) is 5.97. The van der Waals surface area contributed by atoms with Crippen LogP contribution in [0.15, 0.2) is 12.4 Å². The average molecular weight is 251 g/mol. The second kappa shape index (κ2) is 5.77. The molecule has 0 aromatic carbocycles. The molecule has 6 heteroatoms. The molecule has 2 heterocycles. The largest absolute Gasteiger partial charge is 0.464 e. The number of anilines is 1. The lowest BCUT2D eigenvalue weighted by atomic mass is 10.0. The second-order valence-electron chi connectivity index (χ2n) is 4.33. The molecule has 2 atom stereocenters. The highest BCUT2D eigenvalue weighted by Gasteiger charge is 2.20. The number of methoxy groups -OCH3 is 1. The second-order valence-corrected chi connectivity index (χ2v) is 4.33. The van der Waals surface area contributed by atoms with E-state index in [9.17, 15) is 4.79 Å². The van der Waals surface area contributed by atoms with Gasteiger partial charge in [0.25, 0.3) is 0 Å². The lowest BCUT2D eigenvalue weighted by Gasteiger charge is -2.28. The lowest BCUT2D eigenvalue weighted by Crippen LogP contribution is -2.32. The Morgan fingerprint density at radius 1 is 1.56 bits per heavy atom. The van der Waals surface area contributed by atoms with E-state index in [1.165, 1.54) is 13.3 Å². The van der Waals surface area contributed by atoms with Crippen LogP contribution in [0.1, 0.15) is 30.3 Å². The summed E-state index contributed by atoms with van der Waals surface area (Å²) in [4.78, 5) is 19.5. The van der Waals surface area contributed by atoms with Crippen LogP contribution in [0.5, 0.6) is 0 Å². The monoisotopic (exact) mass is 251 g/mol. The van der Waals surface area contributed by atoms with Gasteiger partial charge in [-0.05, 0) is 19.8 Å². The number of ether oxygens (including phenoxy) is 2. The number of rotatable bonds is 3. The molecule has 0 saturated carbocycles. The van der Waals surface area contributed by atoms with Gasteiger partial charge in [-0.2, -0.15) is 0 Å². The summed E-state index contributed by atoms with van der Waals surface area (Å²) in [7, 11) is 1.32. The summed E-state index contributed by atoms with van der Waals surface area (Å²) in [5, 5.41) is 3.27. The molecule has 1 saturated heterocycles. The molecular weight excluding hydrogens is 234 g/mol. The van der Waals surface area contributed by atoms with E-state index >= 15 is 0 Å². The number of carbonyl (C=O) groups is 1. The molecule has 1 aromatic heterocycles. The average Bonchev–Trinajstić information content (AvgIpc) is 2.38. The lowest BCUT2D eigenvalue weighted by molar-refractivity contribution is 0.0231. The van der Waals surface area contributed by atoms with Crippen LogP contribution in [0.3, 0.4) is 0 Å². The molecule has 0 bridgehead atoms. The van der Waals surface area contributed by atoms with Crippen molar-refractivity contribution in [3.05, 3.63) is 18.1 Å². The standard InChI is InChI=1S/C12H17N3O3/c1-8-5-9(3-4-18-8)14-11-7-13-6-10(15-11)12(16)17-2/h6-9H,3-5H2,1-2H3,(H,14,15). The van der Waals surface area contributed by atoms with Crippen molar-refractivity contribution in [2.45, 2.75) is 31.9 Å². The van der Waals surface area contributed by atoms with Crippen molar-refractivity contribution in [1.82, 2.24) is 9.97 Å². The molecule has 1 fully saturated rings. The van der Waals surface area contributed by atoms with Crippen LogP contribution in [0.25, 0.3) is 0 Å². The van der Waals surface area contributed by atoms with Crippen molar-refractivity contribution in [3.8, 4) is 0 Å². The first-order valence-corrected chi connectivity index (χ1v) is 5.97. The van der Waals surface area contributed by atoms with Crippen LogP contribution in [0.2, 0.25) is 0 Å². The van der Waals surface area contributed by atoms with E-state index in [1.807, 2.05) is 6.92 Å². The number of nitrogens with zero attached hydrogens (tertiary/aromatic N) is 2. The van der Waals surface area contributed by atoms with E-state index in [-0.39, 0.29) is 11.8 Å². The molecule has 1 N–H and O–H groups in total. The van der Waals surface area contributed by atoms with Crippen LogP contribution < -0.4 is 5.32 Å². The van der Waals surface area contributed by atoms with Crippen LogP contribution >= 0.6 is 0 Å². The van der Waals surface area contributed by atoms with Crippen molar-refractivity contribution in [3.63, 3.8) is 0 Å². The molecule has 2 unspecified atom stereocenters. The first-order chi connectivity index (χ1) is 8.69. The number of esters is 1. The van der Waals surface area contributed by atoms with Crippen LogP contribution in [0, 0.1) is 0 Å². The van der Waals surface area contributed by atoms with E-state index in [0.717, 1.165) is 19.4 Å². The highest BCUT2D eigenvalue weighted by molar-refractivity contribution is 5.87. The van der Waals surface area contributed by atoms with Crippen LogP contribution in [-0.4, -0.2) is 41.8 Å². The minimum absolute atomic E-state index is 0.211. The molecule has 0 aliphatic carbocycles. The summed E-state index contributed by atoms with van der Waals surface area (Å²) in [6.45, 7) is 2.79. The number of aromatic nitrogens is 2. The normalized spacial score (nSPS) is 23.4. The topological polar surface area (TPSA) is 73.3 Å². The van der Waals surface area contributed by atoms with Gasteiger partial charge in [-0.25, -0.2) is 9.78 Å². The Bertz CT molecular complexity index is 425. The smallest absolute Gasteiger partial charge is 0.358 e. The first kappa shape index (κ1) is 12.8. The molecule has 2 rings (SSSR count). The summed E-state index contributed by atoms with van der Waals surface area (Å²) in [5.74, 6) is 0.114. The third-order valence-corrected chi connectivity index (χ3v) is 2.87. The molecular formula is C12H17N3O3. The minimum Gasteiger partial charge on any atom is -0.464 e. The van der Waals surface area contributed by atoms with Crippen LogP contribution in [-0.2, 0) is 9.47 Å². The number of nitrogens with one attached hydrogen (secondary N) is 1. The Morgan fingerprint density at radius 2 is 2.39 bits per heavy atom. The van der Waals surface area contributed by atoms with Gasteiger partial charge in [0.1, 0.15) is 5.82 Å². The number of hydrogen-bond donors (Lipinski definition) is 1. The van der Waals surface area contributed by atoms with Gasteiger partial charge >= 0.3 is 5.97 Å². The molecule has 98 valence electrons. The fourth-order valence-electron chi connectivity index (χ4n) is 1.98. The molecule has 1 aliphatic heterocycles. The third-order valence-electron chi connectivity index (χ3n) is 2.87. The van der Waals surface area contributed by atoms with Gasteiger partial charge in [-0.1, -0.05) is 0 Å². The van der Waals surface area contributed by atoms with Gasteiger partial charge in [-0.3, -0.25) is 4.98 Å². The fourth-order valence-corrected chi connectivity index (χ4v) is 1.98. The minimum atomic E-state index is -0.480. The highest BCUT2D eigenvalue weighted by Crippen LogP contribution is 2.17. The molecule has 1 aromatic rings. The Labute approximate surface area is 106 Å². The van der Waals surface area contributed by atoms with Crippen molar-refractivity contribution in [1.29, 1.82) is 0 Å². The Morgan fingerprint density at radius 3 is 3.11 bits per heavy atom. The Hall–Kier alpha value is -1.69. The summed E-state index contributed by atoms with van der Waals surface area (Å²) in [6, 6.07) is 0.302.